The molecular formula is C10H13IN2O. The molecule has 1 amide bonds. The van der Waals surface area contributed by atoms with E-state index in [-0.39, 0.29) is 5.54 Å². The van der Waals surface area contributed by atoms with E-state index in [1.54, 1.807) is 0 Å². The maximum absolute atomic E-state index is 10.2. The van der Waals surface area contributed by atoms with Crippen LogP contribution < -0.4 is 10.9 Å². The number of carbonyl (C=O) groups is 1. The second-order valence-electron chi connectivity index (χ2n) is 3.52. The van der Waals surface area contributed by atoms with Crippen LogP contribution in [0.2, 0.25) is 0 Å². The first kappa shape index (κ1) is 11.5. The van der Waals surface area contributed by atoms with Gasteiger partial charge in [-0.3, -0.25) is 10.2 Å². The van der Waals surface area contributed by atoms with Crippen molar-refractivity contribution < 1.29 is 4.79 Å². The standard InChI is InChI=1S/C10H13IN2O/c1-10(2,13-12-7-14)8-3-5-9(11)6-4-8/h3-7,13H,1-2H3,(H,12,14). The van der Waals surface area contributed by atoms with E-state index in [9.17, 15) is 4.79 Å². The molecule has 2 N–H and O–H groups in total. The molecular weight excluding hydrogens is 291 g/mol. The Morgan fingerprint density at radius 2 is 1.86 bits per heavy atom. The molecule has 0 fully saturated rings. The van der Waals surface area contributed by atoms with Gasteiger partial charge < -0.3 is 0 Å². The highest BCUT2D eigenvalue weighted by molar-refractivity contribution is 14.1. The highest BCUT2D eigenvalue weighted by Crippen LogP contribution is 2.19. The van der Waals surface area contributed by atoms with Crippen LogP contribution in [-0.2, 0) is 10.3 Å². The van der Waals surface area contributed by atoms with Crippen molar-refractivity contribution in [3.05, 3.63) is 33.4 Å². The van der Waals surface area contributed by atoms with Gasteiger partial charge in [0.05, 0.1) is 5.54 Å². The van der Waals surface area contributed by atoms with Crippen molar-refractivity contribution in [2.75, 3.05) is 0 Å². The quantitative estimate of drug-likeness (QED) is 0.506. The van der Waals surface area contributed by atoms with Gasteiger partial charge in [-0.25, -0.2) is 5.43 Å². The maximum Gasteiger partial charge on any atom is 0.221 e. The monoisotopic (exact) mass is 304 g/mol. The number of hydrazine groups is 1. The molecule has 0 unspecified atom stereocenters. The normalized spacial score (nSPS) is 11.1. The predicted octanol–water partition coefficient (Wildman–Crippen LogP) is 1.78. The summed E-state index contributed by atoms with van der Waals surface area (Å²) in [6.07, 6.45) is 0.633. The van der Waals surface area contributed by atoms with Gasteiger partial charge in [0.15, 0.2) is 0 Å². The maximum atomic E-state index is 10.2. The topological polar surface area (TPSA) is 41.1 Å². The third-order valence-electron chi connectivity index (χ3n) is 2.01. The fourth-order valence-corrected chi connectivity index (χ4v) is 1.51. The van der Waals surface area contributed by atoms with Crippen molar-refractivity contribution >= 4 is 29.0 Å². The minimum absolute atomic E-state index is 0.259. The molecule has 0 aliphatic rings. The summed E-state index contributed by atoms with van der Waals surface area (Å²) >= 11 is 2.26. The average molecular weight is 304 g/mol. The zero-order chi connectivity index (χ0) is 10.6. The van der Waals surface area contributed by atoms with Crippen LogP contribution in [0.25, 0.3) is 0 Å². The van der Waals surface area contributed by atoms with E-state index in [1.165, 1.54) is 3.57 Å². The number of rotatable bonds is 4. The number of hydrogen-bond donors (Lipinski definition) is 2. The van der Waals surface area contributed by atoms with Crippen molar-refractivity contribution in [3.63, 3.8) is 0 Å². The summed E-state index contributed by atoms with van der Waals surface area (Å²) in [4.78, 5) is 10.2. The Bertz CT molecular complexity index is 308. The molecule has 1 aromatic carbocycles. The van der Waals surface area contributed by atoms with Gasteiger partial charge in [-0.2, -0.15) is 0 Å². The summed E-state index contributed by atoms with van der Waals surface area (Å²) < 4.78 is 1.20. The Hall–Kier alpha value is -0.620. The molecule has 1 rings (SSSR count). The Morgan fingerprint density at radius 3 is 2.36 bits per heavy atom. The summed E-state index contributed by atoms with van der Waals surface area (Å²) in [5.74, 6) is 0. The lowest BCUT2D eigenvalue weighted by Gasteiger charge is -2.26. The van der Waals surface area contributed by atoms with Crippen LogP contribution in [0.15, 0.2) is 24.3 Å². The largest absolute Gasteiger partial charge is 0.293 e. The van der Waals surface area contributed by atoms with Gasteiger partial charge in [-0.1, -0.05) is 12.1 Å². The van der Waals surface area contributed by atoms with Crippen LogP contribution in [0.3, 0.4) is 0 Å². The summed E-state index contributed by atoms with van der Waals surface area (Å²) in [6.45, 7) is 4.01. The first-order valence-corrected chi connectivity index (χ1v) is 5.36. The molecule has 0 spiro atoms. The SMILES string of the molecule is CC(C)(NNC=O)c1ccc(I)cc1. The van der Waals surface area contributed by atoms with E-state index in [0.717, 1.165) is 5.56 Å². The highest BCUT2D eigenvalue weighted by Gasteiger charge is 2.18. The lowest BCUT2D eigenvalue weighted by atomic mass is 9.95. The van der Waals surface area contributed by atoms with Crippen LogP contribution >= 0.6 is 22.6 Å². The fraction of sp³-hybridized carbons (Fsp3) is 0.300. The lowest BCUT2D eigenvalue weighted by molar-refractivity contribution is -0.110. The van der Waals surface area contributed by atoms with Crippen LogP contribution in [0, 0.1) is 3.57 Å². The minimum Gasteiger partial charge on any atom is -0.293 e. The molecule has 0 heterocycles. The molecule has 0 aliphatic heterocycles. The third kappa shape index (κ3) is 2.95. The molecule has 14 heavy (non-hydrogen) atoms. The van der Waals surface area contributed by atoms with Gasteiger partial charge >= 0.3 is 0 Å². The molecule has 0 saturated heterocycles. The van der Waals surface area contributed by atoms with Crippen molar-refractivity contribution in [2.45, 2.75) is 19.4 Å². The number of amides is 1. The zero-order valence-electron chi connectivity index (χ0n) is 8.17. The first-order valence-electron chi connectivity index (χ1n) is 4.28. The molecule has 0 aromatic heterocycles. The van der Waals surface area contributed by atoms with Gasteiger partial charge in [0.25, 0.3) is 0 Å². The number of benzene rings is 1. The van der Waals surface area contributed by atoms with Crippen molar-refractivity contribution in [3.8, 4) is 0 Å². The van der Waals surface area contributed by atoms with E-state index >= 15 is 0 Å². The summed E-state index contributed by atoms with van der Waals surface area (Å²) in [6, 6.07) is 8.17. The predicted molar refractivity (Wildman–Crippen MR) is 64.5 cm³/mol. The van der Waals surface area contributed by atoms with Gasteiger partial charge in [-0.15, -0.1) is 0 Å². The van der Waals surface area contributed by atoms with E-state index in [0.29, 0.717) is 6.41 Å². The zero-order valence-corrected chi connectivity index (χ0v) is 10.3. The van der Waals surface area contributed by atoms with Gasteiger partial charge in [0.1, 0.15) is 0 Å². The molecule has 4 heteroatoms. The summed E-state index contributed by atoms with van der Waals surface area (Å²) in [7, 11) is 0. The van der Waals surface area contributed by atoms with Crippen molar-refractivity contribution in [2.24, 2.45) is 0 Å². The Kier molecular flexibility index (Phi) is 3.88. The van der Waals surface area contributed by atoms with Crippen LogP contribution in [-0.4, -0.2) is 6.41 Å². The van der Waals surface area contributed by atoms with Crippen LogP contribution in [0.5, 0.6) is 0 Å². The van der Waals surface area contributed by atoms with E-state index in [4.69, 9.17) is 0 Å². The van der Waals surface area contributed by atoms with Gasteiger partial charge in [0, 0.05) is 3.57 Å². The number of carbonyl (C=O) groups excluding carboxylic acids is 1. The molecule has 0 aliphatic carbocycles. The second-order valence-corrected chi connectivity index (χ2v) is 4.76. The molecule has 0 saturated carbocycles. The van der Waals surface area contributed by atoms with Crippen LogP contribution in [0.4, 0.5) is 0 Å². The highest BCUT2D eigenvalue weighted by atomic mass is 127. The van der Waals surface area contributed by atoms with Gasteiger partial charge in [-0.05, 0) is 54.1 Å². The Morgan fingerprint density at radius 1 is 1.29 bits per heavy atom. The minimum atomic E-state index is -0.259. The average Bonchev–Trinajstić information content (AvgIpc) is 2.16. The molecule has 0 radical (unpaired) electrons. The first-order chi connectivity index (χ1) is 6.56. The van der Waals surface area contributed by atoms with Crippen molar-refractivity contribution in [1.82, 2.24) is 10.9 Å². The third-order valence-corrected chi connectivity index (χ3v) is 2.73. The molecule has 76 valence electrons. The Labute approximate surface area is 97.4 Å². The van der Waals surface area contributed by atoms with E-state index in [1.807, 2.05) is 38.1 Å². The van der Waals surface area contributed by atoms with Gasteiger partial charge in [0.2, 0.25) is 6.41 Å². The smallest absolute Gasteiger partial charge is 0.221 e. The lowest BCUT2D eigenvalue weighted by Crippen LogP contribution is -2.45. The molecule has 0 bridgehead atoms. The summed E-state index contributed by atoms with van der Waals surface area (Å²) in [5, 5.41) is 0. The fourth-order valence-electron chi connectivity index (χ4n) is 1.15. The van der Waals surface area contributed by atoms with Crippen molar-refractivity contribution in [1.29, 1.82) is 0 Å². The summed E-state index contributed by atoms with van der Waals surface area (Å²) in [5.41, 5.74) is 6.27. The molecule has 1 aromatic rings. The van der Waals surface area contributed by atoms with Crippen LogP contribution in [0.1, 0.15) is 19.4 Å². The number of hydrogen-bond acceptors (Lipinski definition) is 2. The molecule has 3 nitrogen and oxygen atoms in total. The number of halogens is 1. The van der Waals surface area contributed by atoms with E-state index < -0.39 is 0 Å². The number of nitrogens with one attached hydrogen (secondary N) is 2. The Balaban J connectivity index is 2.80. The van der Waals surface area contributed by atoms with E-state index in [2.05, 4.69) is 33.4 Å². The molecule has 0 atom stereocenters. The second kappa shape index (κ2) is 4.75.